The van der Waals surface area contributed by atoms with Crippen molar-refractivity contribution in [1.82, 2.24) is 4.90 Å². The average Bonchev–Trinajstić information content (AvgIpc) is 3.13. The van der Waals surface area contributed by atoms with Crippen LogP contribution in [0.1, 0.15) is 5.56 Å². The zero-order chi connectivity index (χ0) is 26.4. The molecule has 37 heavy (non-hydrogen) atoms. The summed E-state index contributed by atoms with van der Waals surface area (Å²) in [6, 6.07) is 20.1. The van der Waals surface area contributed by atoms with Crippen LogP contribution in [0.5, 0.6) is 5.75 Å². The summed E-state index contributed by atoms with van der Waals surface area (Å²) >= 11 is 12.9. The van der Waals surface area contributed by atoms with Crippen LogP contribution in [-0.2, 0) is 14.4 Å². The van der Waals surface area contributed by atoms with Gasteiger partial charge >= 0.3 is 0 Å². The molecule has 8 nitrogen and oxygen atoms in total. The van der Waals surface area contributed by atoms with E-state index in [0.29, 0.717) is 38.7 Å². The number of imide groups is 1. The number of benzene rings is 3. The number of amides is 4. The van der Waals surface area contributed by atoms with Crippen LogP contribution in [0.15, 0.2) is 77.7 Å². The highest BCUT2D eigenvalue weighted by Crippen LogP contribution is 2.35. The number of carbonyl (C=O) groups excluding carboxylic acids is 4. The third-order valence-corrected chi connectivity index (χ3v) is 6.47. The summed E-state index contributed by atoms with van der Waals surface area (Å²) in [5.41, 5.74) is 1.38. The summed E-state index contributed by atoms with van der Waals surface area (Å²) in [6.07, 6.45) is 1.44. The molecule has 0 aliphatic carbocycles. The van der Waals surface area contributed by atoms with Crippen LogP contribution in [0.4, 0.5) is 16.2 Å². The van der Waals surface area contributed by atoms with E-state index < -0.39 is 29.5 Å². The highest BCUT2D eigenvalue weighted by atomic mass is 35.5. The fourth-order valence-electron chi connectivity index (χ4n) is 3.30. The smallest absolute Gasteiger partial charge is 0.294 e. The molecule has 188 valence electrons. The first-order valence-corrected chi connectivity index (χ1v) is 12.4. The zero-order valence-corrected chi connectivity index (χ0v) is 21.4. The number of para-hydroxylation sites is 2. The van der Waals surface area contributed by atoms with Gasteiger partial charge in [0.25, 0.3) is 17.1 Å². The number of nitrogens with one attached hydrogen (secondary N) is 2. The van der Waals surface area contributed by atoms with Crippen LogP contribution in [-0.4, -0.2) is 41.0 Å². The van der Waals surface area contributed by atoms with Gasteiger partial charge in [0.05, 0.1) is 15.6 Å². The Morgan fingerprint density at radius 2 is 1.65 bits per heavy atom. The molecule has 0 atom stereocenters. The molecule has 1 heterocycles. The van der Waals surface area contributed by atoms with Gasteiger partial charge in [0.2, 0.25) is 5.91 Å². The Morgan fingerprint density at radius 3 is 2.41 bits per heavy atom. The third-order valence-electron chi connectivity index (χ3n) is 5.00. The minimum Gasteiger partial charge on any atom is -0.483 e. The lowest BCUT2D eigenvalue weighted by Crippen LogP contribution is -2.36. The fraction of sp³-hybridized carbons (Fsp3) is 0.0769. The van der Waals surface area contributed by atoms with Gasteiger partial charge in [0, 0.05) is 16.3 Å². The van der Waals surface area contributed by atoms with E-state index in [9.17, 15) is 19.2 Å². The van der Waals surface area contributed by atoms with E-state index in [0.717, 1.165) is 4.90 Å². The quantitative estimate of drug-likeness (QED) is 0.346. The molecule has 2 N–H and O–H groups in total. The lowest BCUT2D eigenvalue weighted by atomic mass is 10.2. The van der Waals surface area contributed by atoms with Crippen molar-refractivity contribution in [2.75, 3.05) is 23.8 Å². The molecule has 0 saturated carbocycles. The van der Waals surface area contributed by atoms with Crippen molar-refractivity contribution in [3.05, 3.63) is 93.3 Å². The minimum atomic E-state index is -0.624. The molecule has 4 rings (SSSR count). The number of carbonyl (C=O) groups is 4. The number of nitrogens with zero attached hydrogens (tertiary/aromatic N) is 1. The van der Waals surface area contributed by atoms with Crippen LogP contribution < -0.4 is 15.4 Å². The zero-order valence-electron chi connectivity index (χ0n) is 19.1. The summed E-state index contributed by atoms with van der Waals surface area (Å²) < 4.78 is 5.65. The predicted octanol–water partition coefficient (Wildman–Crippen LogP) is 5.69. The van der Waals surface area contributed by atoms with Gasteiger partial charge in [0.15, 0.2) is 6.61 Å². The summed E-state index contributed by atoms with van der Waals surface area (Å²) in [5.74, 6) is -1.31. The van der Waals surface area contributed by atoms with Crippen LogP contribution in [0.25, 0.3) is 6.08 Å². The maximum absolute atomic E-state index is 12.9. The molecule has 0 bridgehead atoms. The Balaban J connectivity index is 1.44. The van der Waals surface area contributed by atoms with E-state index in [1.807, 2.05) is 0 Å². The minimum absolute atomic E-state index is 0.0881. The van der Waals surface area contributed by atoms with Gasteiger partial charge in [-0.3, -0.25) is 24.1 Å². The van der Waals surface area contributed by atoms with E-state index in [-0.39, 0.29) is 17.3 Å². The van der Waals surface area contributed by atoms with Crippen molar-refractivity contribution in [2.45, 2.75) is 0 Å². The summed E-state index contributed by atoms with van der Waals surface area (Å²) in [4.78, 5) is 51.0. The van der Waals surface area contributed by atoms with E-state index >= 15 is 0 Å². The highest BCUT2D eigenvalue weighted by molar-refractivity contribution is 8.18. The Hall–Kier alpha value is -3.79. The lowest BCUT2D eigenvalue weighted by molar-refractivity contribution is -0.127. The molecule has 0 spiro atoms. The summed E-state index contributed by atoms with van der Waals surface area (Å²) in [6.45, 7) is -0.771. The standard InChI is InChI=1S/C26H19Cl2N3O5S/c27-17-10-11-21(36-15-24(33)30-20-9-5-4-8-19(20)28)16(12-17)13-22-25(34)31(26(35)37-22)14-23(32)29-18-6-2-1-3-7-18/h1-13H,14-15H2,(H,29,32)(H,30,33)/b22-13-. The molecule has 0 radical (unpaired) electrons. The first-order chi connectivity index (χ1) is 17.8. The Labute approximate surface area is 226 Å². The van der Waals surface area contributed by atoms with Crippen molar-refractivity contribution in [2.24, 2.45) is 0 Å². The monoisotopic (exact) mass is 555 g/mol. The molecule has 1 fully saturated rings. The molecule has 0 unspecified atom stereocenters. The van der Waals surface area contributed by atoms with Gasteiger partial charge in [-0.2, -0.15) is 0 Å². The molecule has 1 saturated heterocycles. The molecule has 1 aliphatic rings. The highest BCUT2D eigenvalue weighted by Gasteiger charge is 2.36. The van der Waals surface area contributed by atoms with E-state index in [2.05, 4.69) is 10.6 Å². The number of thioether (sulfide) groups is 1. The first kappa shape index (κ1) is 26.3. The maximum atomic E-state index is 12.9. The SMILES string of the molecule is O=C(CN1C(=O)S/C(=C\c2cc(Cl)ccc2OCC(=O)Nc2ccccc2Cl)C1=O)Nc1ccccc1. The molecule has 0 aromatic heterocycles. The molecular formula is C26H19Cl2N3O5S. The average molecular weight is 556 g/mol. The molecule has 4 amide bonds. The molecule has 1 aliphatic heterocycles. The van der Waals surface area contributed by atoms with Gasteiger partial charge in [-0.15, -0.1) is 0 Å². The van der Waals surface area contributed by atoms with Crippen LogP contribution in [0.3, 0.4) is 0 Å². The topological polar surface area (TPSA) is 105 Å². The van der Waals surface area contributed by atoms with Crippen LogP contribution in [0.2, 0.25) is 10.0 Å². The second-order valence-corrected chi connectivity index (χ2v) is 9.52. The van der Waals surface area contributed by atoms with Crippen molar-refractivity contribution in [1.29, 1.82) is 0 Å². The van der Waals surface area contributed by atoms with Gasteiger partial charge in [-0.1, -0.05) is 53.5 Å². The normalized spacial score (nSPS) is 14.1. The summed E-state index contributed by atoms with van der Waals surface area (Å²) in [7, 11) is 0. The van der Waals surface area contributed by atoms with Crippen LogP contribution in [0, 0.1) is 0 Å². The molecule has 11 heteroatoms. The lowest BCUT2D eigenvalue weighted by Gasteiger charge is -2.13. The number of ether oxygens (including phenoxy) is 1. The van der Waals surface area contributed by atoms with Gasteiger partial charge in [-0.05, 0) is 60.3 Å². The Bertz CT molecular complexity index is 1400. The van der Waals surface area contributed by atoms with E-state index in [1.54, 1.807) is 72.8 Å². The van der Waals surface area contributed by atoms with Gasteiger partial charge < -0.3 is 15.4 Å². The van der Waals surface area contributed by atoms with Crippen molar-refractivity contribution >= 4 is 75.4 Å². The number of halogens is 2. The van der Waals surface area contributed by atoms with E-state index in [4.69, 9.17) is 27.9 Å². The fourth-order valence-corrected chi connectivity index (χ4v) is 4.49. The number of hydrogen-bond donors (Lipinski definition) is 2. The first-order valence-electron chi connectivity index (χ1n) is 10.9. The molecule has 3 aromatic rings. The second kappa shape index (κ2) is 12.0. The van der Waals surface area contributed by atoms with Crippen molar-refractivity contribution in [3.8, 4) is 5.75 Å². The third kappa shape index (κ3) is 6.91. The Kier molecular flexibility index (Phi) is 8.50. The van der Waals surface area contributed by atoms with Gasteiger partial charge in [0.1, 0.15) is 12.3 Å². The molecule has 3 aromatic carbocycles. The molecular weight excluding hydrogens is 537 g/mol. The summed E-state index contributed by atoms with van der Waals surface area (Å²) in [5, 5.41) is 5.46. The predicted molar refractivity (Wildman–Crippen MR) is 145 cm³/mol. The second-order valence-electron chi connectivity index (χ2n) is 7.68. The van der Waals surface area contributed by atoms with E-state index in [1.165, 1.54) is 6.08 Å². The maximum Gasteiger partial charge on any atom is 0.294 e. The number of rotatable bonds is 8. The van der Waals surface area contributed by atoms with Crippen molar-refractivity contribution in [3.63, 3.8) is 0 Å². The van der Waals surface area contributed by atoms with Crippen LogP contribution >= 0.6 is 35.0 Å². The van der Waals surface area contributed by atoms with Gasteiger partial charge in [-0.25, -0.2) is 0 Å². The number of hydrogen-bond acceptors (Lipinski definition) is 6. The number of anilines is 2. The largest absolute Gasteiger partial charge is 0.483 e. The Morgan fingerprint density at radius 1 is 0.919 bits per heavy atom. The van der Waals surface area contributed by atoms with Crippen molar-refractivity contribution < 1.29 is 23.9 Å².